The molecule has 0 saturated carbocycles. The van der Waals surface area contributed by atoms with Crippen LogP contribution in [-0.2, 0) is 4.74 Å². The van der Waals surface area contributed by atoms with Gasteiger partial charge in [-0.05, 0) is 28.1 Å². The van der Waals surface area contributed by atoms with Crippen LogP contribution in [0.5, 0.6) is 0 Å². The van der Waals surface area contributed by atoms with Crippen molar-refractivity contribution in [2.75, 3.05) is 13.2 Å². The number of hydrogen-bond acceptors (Lipinski definition) is 2. The topological polar surface area (TPSA) is 9.23 Å². The molecule has 0 bridgehead atoms. The van der Waals surface area contributed by atoms with Gasteiger partial charge in [0.2, 0.25) is 0 Å². The van der Waals surface area contributed by atoms with Crippen molar-refractivity contribution in [3.05, 3.63) is 20.8 Å². The monoisotopic (exact) mass is 322 g/mol. The molecule has 1 atom stereocenters. The van der Waals surface area contributed by atoms with Crippen LogP contribution in [0.2, 0.25) is 0 Å². The van der Waals surface area contributed by atoms with E-state index in [1.807, 2.05) is 0 Å². The quantitative estimate of drug-likeness (QED) is 0.748. The van der Waals surface area contributed by atoms with Crippen LogP contribution in [0, 0.1) is 0 Å². The van der Waals surface area contributed by atoms with Gasteiger partial charge in [0.05, 0.1) is 15.8 Å². The van der Waals surface area contributed by atoms with E-state index in [2.05, 4.69) is 20.7 Å². The summed E-state index contributed by atoms with van der Waals surface area (Å²) >= 11 is 10.5. The maximum Gasteiger partial charge on any atom is 0.411 e. The largest absolute Gasteiger partial charge is 0.411 e. The van der Waals surface area contributed by atoms with E-state index in [9.17, 15) is 13.2 Å². The van der Waals surface area contributed by atoms with E-state index in [4.69, 9.17) is 11.6 Å². The second-order valence-corrected chi connectivity index (χ2v) is 5.76. The van der Waals surface area contributed by atoms with Crippen molar-refractivity contribution in [3.63, 3.8) is 0 Å². The lowest BCUT2D eigenvalue weighted by Crippen LogP contribution is -2.18. The second-order valence-electron chi connectivity index (χ2n) is 2.74. The van der Waals surface area contributed by atoms with E-state index in [0.717, 1.165) is 8.66 Å². The lowest BCUT2D eigenvalue weighted by molar-refractivity contribution is -0.173. The number of alkyl halides is 4. The molecule has 1 nitrogen and oxygen atoms in total. The van der Waals surface area contributed by atoms with Gasteiger partial charge in [-0.3, -0.25) is 0 Å². The number of halogens is 5. The molecule has 1 rings (SSSR count). The van der Waals surface area contributed by atoms with Crippen LogP contribution >= 0.6 is 38.9 Å². The molecule has 0 radical (unpaired) electrons. The van der Waals surface area contributed by atoms with Gasteiger partial charge in [-0.1, -0.05) is 0 Å². The third kappa shape index (κ3) is 5.19. The zero-order chi connectivity index (χ0) is 11.5. The number of thiophene rings is 1. The molecule has 15 heavy (non-hydrogen) atoms. The minimum absolute atomic E-state index is 0.145. The summed E-state index contributed by atoms with van der Waals surface area (Å²) in [6.07, 6.45) is -4.30. The summed E-state index contributed by atoms with van der Waals surface area (Å²) in [6, 6.07) is 3.54. The van der Waals surface area contributed by atoms with Crippen molar-refractivity contribution >= 4 is 38.9 Å². The van der Waals surface area contributed by atoms with E-state index < -0.39 is 18.2 Å². The Morgan fingerprint density at radius 1 is 1.47 bits per heavy atom. The second kappa shape index (κ2) is 5.52. The Morgan fingerprint density at radius 3 is 2.60 bits per heavy atom. The molecule has 0 amide bonds. The maximum absolute atomic E-state index is 11.7. The predicted molar refractivity (Wildman–Crippen MR) is 57.5 cm³/mol. The summed E-state index contributed by atoms with van der Waals surface area (Å²) in [5.74, 6) is 0. The fourth-order valence-corrected chi connectivity index (χ4v) is 2.54. The summed E-state index contributed by atoms with van der Waals surface area (Å²) in [7, 11) is 0. The molecular formula is C8H7BrClF3OS. The Bertz CT molecular complexity index is 315. The molecule has 7 heteroatoms. The van der Waals surface area contributed by atoms with Gasteiger partial charge in [-0.25, -0.2) is 0 Å². The standard InChI is InChI=1S/C8H7BrClF3OS/c9-7-2-1-6(15-7)5(10)3-14-4-8(11,12)13/h1-2,5H,3-4H2. The van der Waals surface area contributed by atoms with E-state index in [0.29, 0.717) is 0 Å². The first-order valence-electron chi connectivity index (χ1n) is 3.92. The summed E-state index contributed by atoms with van der Waals surface area (Å²) in [5, 5.41) is -0.538. The molecule has 86 valence electrons. The number of rotatable bonds is 4. The van der Waals surface area contributed by atoms with Crippen molar-refractivity contribution in [3.8, 4) is 0 Å². The maximum atomic E-state index is 11.7. The molecule has 1 aromatic heterocycles. The Hall–Kier alpha value is 0.220. The third-order valence-electron chi connectivity index (χ3n) is 1.43. The zero-order valence-electron chi connectivity index (χ0n) is 7.35. The summed E-state index contributed by atoms with van der Waals surface area (Å²) < 4.78 is 40.6. The van der Waals surface area contributed by atoms with Crippen molar-refractivity contribution in [1.82, 2.24) is 0 Å². The van der Waals surface area contributed by atoms with E-state index >= 15 is 0 Å². The minimum atomic E-state index is -4.30. The molecule has 0 spiro atoms. The Labute approximate surface area is 102 Å². The SMILES string of the molecule is FC(F)(F)COCC(Cl)c1ccc(Br)s1. The molecule has 0 N–H and O–H groups in total. The number of ether oxygens (including phenoxy) is 1. The van der Waals surface area contributed by atoms with Gasteiger partial charge >= 0.3 is 6.18 Å². The Morgan fingerprint density at radius 2 is 2.13 bits per heavy atom. The van der Waals surface area contributed by atoms with Gasteiger partial charge < -0.3 is 4.74 Å². The fraction of sp³-hybridized carbons (Fsp3) is 0.500. The van der Waals surface area contributed by atoms with Crippen LogP contribution in [0.3, 0.4) is 0 Å². The summed E-state index contributed by atoms with van der Waals surface area (Å²) in [6.45, 7) is -1.41. The van der Waals surface area contributed by atoms with Gasteiger partial charge in [0.25, 0.3) is 0 Å². The highest BCUT2D eigenvalue weighted by Crippen LogP contribution is 2.31. The molecule has 0 aliphatic carbocycles. The average molecular weight is 324 g/mol. The van der Waals surface area contributed by atoms with E-state index in [1.54, 1.807) is 12.1 Å². The van der Waals surface area contributed by atoms with Gasteiger partial charge in [0, 0.05) is 4.88 Å². The van der Waals surface area contributed by atoms with E-state index in [1.165, 1.54) is 11.3 Å². The molecular weight excluding hydrogens is 317 g/mol. The molecule has 0 fully saturated rings. The summed E-state index contributed by atoms with van der Waals surface area (Å²) in [5.41, 5.74) is 0. The van der Waals surface area contributed by atoms with Crippen LogP contribution in [0.1, 0.15) is 10.3 Å². The normalized spacial score (nSPS) is 14.2. The smallest absolute Gasteiger partial charge is 0.370 e. The van der Waals surface area contributed by atoms with Crippen molar-refractivity contribution in [2.45, 2.75) is 11.6 Å². The first kappa shape index (κ1) is 13.3. The first-order valence-corrected chi connectivity index (χ1v) is 5.97. The highest BCUT2D eigenvalue weighted by molar-refractivity contribution is 9.11. The number of hydrogen-bond donors (Lipinski definition) is 0. The molecule has 1 unspecified atom stereocenters. The lowest BCUT2D eigenvalue weighted by Gasteiger charge is -2.10. The van der Waals surface area contributed by atoms with Crippen molar-refractivity contribution in [1.29, 1.82) is 0 Å². The van der Waals surface area contributed by atoms with Crippen molar-refractivity contribution < 1.29 is 17.9 Å². The van der Waals surface area contributed by atoms with Gasteiger partial charge in [0.1, 0.15) is 6.61 Å². The fourth-order valence-electron chi connectivity index (χ4n) is 0.857. The molecule has 0 aliphatic rings. The molecule has 0 saturated heterocycles. The van der Waals surface area contributed by atoms with Gasteiger partial charge in [-0.15, -0.1) is 22.9 Å². The minimum Gasteiger partial charge on any atom is -0.370 e. The lowest BCUT2D eigenvalue weighted by atomic mass is 10.3. The van der Waals surface area contributed by atoms with Gasteiger partial charge in [-0.2, -0.15) is 13.2 Å². The van der Waals surface area contributed by atoms with Crippen LogP contribution in [0.4, 0.5) is 13.2 Å². The molecule has 1 aromatic rings. The Balaban J connectivity index is 2.34. The molecule has 0 aliphatic heterocycles. The van der Waals surface area contributed by atoms with Gasteiger partial charge in [0.15, 0.2) is 0 Å². The third-order valence-corrected chi connectivity index (χ3v) is 3.66. The van der Waals surface area contributed by atoms with Crippen LogP contribution in [0.25, 0.3) is 0 Å². The molecule has 1 heterocycles. The van der Waals surface area contributed by atoms with Crippen LogP contribution in [0.15, 0.2) is 15.9 Å². The zero-order valence-corrected chi connectivity index (χ0v) is 10.5. The molecule has 0 aromatic carbocycles. The van der Waals surface area contributed by atoms with Crippen LogP contribution in [-0.4, -0.2) is 19.4 Å². The van der Waals surface area contributed by atoms with Crippen molar-refractivity contribution in [2.24, 2.45) is 0 Å². The average Bonchev–Trinajstić information content (AvgIpc) is 2.49. The predicted octanol–water partition coefficient (Wildman–Crippen LogP) is 4.37. The summed E-state index contributed by atoms with van der Waals surface area (Å²) in [4.78, 5) is 0.783. The highest BCUT2D eigenvalue weighted by atomic mass is 79.9. The Kier molecular flexibility index (Phi) is 4.89. The van der Waals surface area contributed by atoms with E-state index in [-0.39, 0.29) is 6.61 Å². The first-order chi connectivity index (χ1) is 6.88. The van der Waals surface area contributed by atoms with Crippen LogP contribution < -0.4 is 0 Å². The highest BCUT2D eigenvalue weighted by Gasteiger charge is 2.28.